The van der Waals surface area contributed by atoms with Gasteiger partial charge in [-0.3, -0.25) is 4.90 Å². The number of rotatable bonds is 5. The third kappa shape index (κ3) is 3.34. The second-order valence-corrected chi connectivity index (χ2v) is 5.20. The number of nitrogen functional groups attached to an aromatic ring is 1. The maximum atomic E-state index is 9.18. The number of aromatic nitrogens is 1. The smallest absolute Gasteiger partial charge is 0.123 e. The Balaban J connectivity index is 2.09. The van der Waals surface area contributed by atoms with Gasteiger partial charge in [0.25, 0.3) is 0 Å². The lowest BCUT2D eigenvalue weighted by molar-refractivity contribution is 0.143. The molecule has 2 rings (SSSR count). The van der Waals surface area contributed by atoms with Crippen LogP contribution in [0.15, 0.2) is 12.1 Å². The summed E-state index contributed by atoms with van der Waals surface area (Å²) < 4.78 is 0. The second-order valence-electron chi connectivity index (χ2n) is 4.80. The Bertz CT molecular complexity index is 394. The van der Waals surface area contributed by atoms with Gasteiger partial charge in [-0.05, 0) is 25.0 Å². The molecule has 0 unspecified atom stereocenters. The molecule has 1 fully saturated rings. The van der Waals surface area contributed by atoms with E-state index in [2.05, 4.69) is 9.88 Å². The highest BCUT2D eigenvalue weighted by molar-refractivity contribution is 6.31. The van der Waals surface area contributed by atoms with Gasteiger partial charge in [0, 0.05) is 19.1 Å². The van der Waals surface area contributed by atoms with Crippen LogP contribution in [0.3, 0.4) is 0 Å². The molecule has 100 valence electrons. The summed E-state index contributed by atoms with van der Waals surface area (Å²) in [7, 11) is 0. The van der Waals surface area contributed by atoms with Crippen molar-refractivity contribution in [2.45, 2.75) is 38.3 Å². The van der Waals surface area contributed by atoms with E-state index in [4.69, 9.17) is 17.3 Å². The maximum Gasteiger partial charge on any atom is 0.123 e. The van der Waals surface area contributed by atoms with E-state index < -0.39 is 0 Å². The molecule has 0 saturated heterocycles. The van der Waals surface area contributed by atoms with Gasteiger partial charge < -0.3 is 10.8 Å². The van der Waals surface area contributed by atoms with Crippen molar-refractivity contribution in [3.05, 3.63) is 22.8 Å². The molecule has 5 heteroatoms. The van der Waals surface area contributed by atoms with Crippen LogP contribution in [-0.4, -0.2) is 34.2 Å². The Morgan fingerprint density at radius 1 is 1.39 bits per heavy atom. The average molecular weight is 270 g/mol. The summed E-state index contributed by atoms with van der Waals surface area (Å²) in [4.78, 5) is 6.55. The molecule has 0 radical (unpaired) electrons. The van der Waals surface area contributed by atoms with E-state index in [9.17, 15) is 5.11 Å². The number of nitrogens with zero attached hydrogens (tertiary/aromatic N) is 2. The summed E-state index contributed by atoms with van der Waals surface area (Å²) in [6, 6.07) is 4.03. The fourth-order valence-corrected chi connectivity index (χ4v) is 2.76. The SMILES string of the molecule is Nc1ccc(Cl)c(CN(CCO)C2CCCC2)n1. The first-order chi connectivity index (χ1) is 8.70. The third-order valence-corrected chi connectivity index (χ3v) is 3.87. The number of pyridine rings is 1. The van der Waals surface area contributed by atoms with Gasteiger partial charge >= 0.3 is 0 Å². The molecule has 0 aromatic carbocycles. The maximum absolute atomic E-state index is 9.18. The summed E-state index contributed by atoms with van der Waals surface area (Å²) >= 11 is 6.14. The number of aliphatic hydroxyl groups is 1. The minimum Gasteiger partial charge on any atom is -0.395 e. The van der Waals surface area contributed by atoms with Gasteiger partial charge in [0.1, 0.15) is 5.82 Å². The van der Waals surface area contributed by atoms with Crippen LogP contribution >= 0.6 is 11.6 Å². The van der Waals surface area contributed by atoms with E-state index in [0.717, 1.165) is 5.69 Å². The normalized spacial score (nSPS) is 16.6. The van der Waals surface area contributed by atoms with Crippen molar-refractivity contribution in [3.63, 3.8) is 0 Å². The summed E-state index contributed by atoms with van der Waals surface area (Å²) in [6.07, 6.45) is 4.93. The van der Waals surface area contributed by atoms with Crippen molar-refractivity contribution in [1.82, 2.24) is 9.88 Å². The molecule has 0 aliphatic heterocycles. The molecule has 1 aliphatic rings. The number of anilines is 1. The molecule has 0 amide bonds. The first-order valence-corrected chi connectivity index (χ1v) is 6.84. The number of halogens is 1. The molecule has 1 aliphatic carbocycles. The van der Waals surface area contributed by atoms with Crippen molar-refractivity contribution < 1.29 is 5.11 Å². The van der Waals surface area contributed by atoms with Crippen LogP contribution < -0.4 is 5.73 Å². The third-order valence-electron chi connectivity index (χ3n) is 3.52. The van der Waals surface area contributed by atoms with Crippen molar-refractivity contribution in [2.24, 2.45) is 0 Å². The highest BCUT2D eigenvalue weighted by Gasteiger charge is 2.23. The van der Waals surface area contributed by atoms with Crippen LogP contribution in [0.1, 0.15) is 31.4 Å². The Kier molecular flexibility index (Phi) is 4.80. The van der Waals surface area contributed by atoms with Gasteiger partial charge in [-0.1, -0.05) is 24.4 Å². The zero-order valence-corrected chi connectivity index (χ0v) is 11.2. The lowest BCUT2D eigenvalue weighted by atomic mass is 10.2. The van der Waals surface area contributed by atoms with Crippen LogP contribution in [0.2, 0.25) is 5.02 Å². The first kappa shape index (κ1) is 13.6. The number of hydrogen-bond acceptors (Lipinski definition) is 4. The molecule has 18 heavy (non-hydrogen) atoms. The fourth-order valence-electron chi connectivity index (χ4n) is 2.59. The van der Waals surface area contributed by atoms with Crippen LogP contribution in [0.5, 0.6) is 0 Å². The fraction of sp³-hybridized carbons (Fsp3) is 0.615. The second kappa shape index (κ2) is 6.36. The van der Waals surface area contributed by atoms with Crippen molar-refractivity contribution in [3.8, 4) is 0 Å². The summed E-state index contributed by atoms with van der Waals surface area (Å²) in [5.41, 5.74) is 6.50. The highest BCUT2D eigenvalue weighted by atomic mass is 35.5. The van der Waals surface area contributed by atoms with Gasteiger partial charge in [-0.2, -0.15) is 0 Å². The van der Waals surface area contributed by atoms with Gasteiger partial charge in [0.15, 0.2) is 0 Å². The topological polar surface area (TPSA) is 62.4 Å². The van der Waals surface area contributed by atoms with Gasteiger partial charge in [-0.15, -0.1) is 0 Å². The monoisotopic (exact) mass is 269 g/mol. The minimum absolute atomic E-state index is 0.163. The van der Waals surface area contributed by atoms with Gasteiger partial charge in [-0.25, -0.2) is 4.98 Å². The number of nitrogens with two attached hydrogens (primary N) is 1. The van der Waals surface area contributed by atoms with Crippen molar-refractivity contribution >= 4 is 17.4 Å². The standard InChI is InChI=1S/C13H20ClN3O/c14-11-5-6-13(15)16-12(11)9-17(7-8-18)10-3-1-2-4-10/h5-6,10,18H,1-4,7-9H2,(H2,15,16). The predicted molar refractivity (Wildman–Crippen MR) is 73.4 cm³/mol. The largest absolute Gasteiger partial charge is 0.395 e. The zero-order valence-electron chi connectivity index (χ0n) is 10.5. The molecule has 1 aromatic heterocycles. The minimum atomic E-state index is 0.163. The molecule has 0 atom stereocenters. The zero-order chi connectivity index (χ0) is 13.0. The summed E-state index contributed by atoms with van der Waals surface area (Å²) in [6.45, 7) is 1.49. The molecule has 1 aromatic rings. The lowest BCUT2D eigenvalue weighted by Gasteiger charge is -2.28. The summed E-state index contributed by atoms with van der Waals surface area (Å²) in [5, 5.41) is 9.82. The highest BCUT2D eigenvalue weighted by Crippen LogP contribution is 2.26. The molecular weight excluding hydrogens is 250 g/mol. The van der Waals surface area contributed by atoms with E-state index in [1.54, 1.807) is 12.1 Å². The molecule has 1 heterocycles. The van der Waals surface area contributed by atoms with Crippen LogP contribution in [0, 0.1) is 0 Å². The Labute approximate surface area is 113 Å². The van der Waals surface area contributed by atoms with Gasteiger partial charge in [0.2, 0.25) is 0 Å². The van der Waals surface area contributed by atoms with Crippen LogP contribution in [0.25, 0.3) is 0 Å². The predicted octanol–water partition coefficient (Wildman–Crippen LogP) is 2.05. The van der Waals surface area contributed by atoms with Crippen LogP contribution in [0.4, 0.5) is 5.82 Å². The first-order valence-electron chi connectivity index (χ1n) is 6.46. The van der Waals surface area contributed by atoms with E-state index in [-0.39, 0.29) is 6.61 Å². The lowest BCUT2D eigenvalue weighted by Crippen LogP contribution is -2.35. The average Bonchev–Trinajstić information content (AvgIpc) is 2.87. The van der Waals surface area contributed by atoms with Gasteiger partial charge in [0.05, 0.1) is 17.3 Å². The van der Waals surface area contributed by atoms with Crippen molar-refractivity contribution in [1.29, 1.82) is 0 Å². The molecule has 1 saturated carbocycles. The number of aliphatic hydroxyl groups excluding tert-OH is 1. The van der Waals surface area contributed by atoms with Crippen molar-refractivity contribution in [2.75, 3.05) is 18.9 Å². The van der Waals surface area contributed by atoms with Crippen LogP contribution in [-0.2, 0) is 6.54 Å². The summed E-state index contributed by atoms with van der Waals surface area (Å²) in [5.74, 6) is 0.491. The number of hydrogen-bond donors (Lipinski definition) is 2. The van der Waals surface area contributed by atoms with E-state index in [0.29, 0.717) is 30.0 Å². The molecule has 0 bridgehead atoms. The molecule has 4 nitrogen and oxygen atoms in total. The van der Waals surface area contributed by atoms with E-state index >= 15 is 0 Å². The molecular formula is C13H20ClN3O. The molecule has 0 spiro atoms. The Morgan fingerprint density at radius 3 is 2.78 bits per heavy atom. The quantitative estimate of drug-likeness (QED) is 0.859. The Hall–Kier alpha value is -0.840. The molecule has 3 N–H and O–H groups in total. The van der Waals surface area contributed by atoms with E-state index in [1.807, 2.05) is 0 Å². The van der Waals surface area contributed by atoms with E-state index in [1.165, 1.54) is 25.7 Å². The Morgan fingerprint density at radius 2 is 2.11 bits per heavy atom.